The third-order valence-electron chi connectivity index (χ3n) is 5.69. The maximum Gasteiger partial charge on any atom is 0.346 e. The molecule has 6 nitrogen and oxygen atoms in total. The molecule has 1 aliphatic heterocycles. The van der Waals surface area contributed by atoms with Crippen LogP contribution in [0.15, 0.2) is 84.4 Å². The van der Waals surface area contributed by atoms with Crippen molar-refractivity contribution in [1.29, 1.82) is 0 Å². The van der Waals surface area contributed by atoms with Crippen LogP contribution in [0.5, 0.6) is 5.75 Å². The fraction of sp³-hybridized carbons (Fsp3) is 0.393. The van der Waals surface area contributed by atoms with Gasteiger partial charge in [-0.05, 0) is 42.9 Å². The zero-order valence-corrected chi connectivity index (χ0v) is 20.7. The van der Waals surface area contributed by atoms with Crippen molar-refractivity contribution in [2.75, 3.05) is 14.2 Å². The first-order valence-electron chi connectivity index (χ1n) is 11.4. The van der Waals surface area contributed by atoms with E-state index in [9.17, 15) is 9.90 Å². The van der Waals surface area contributed by atoms with Crippen LogP contribution in [-0.2, 0) is 25.6 Å². The molecule has 0 aromatic heterocycles. The van der Waals surface area contributed by atoms with E-state index in [1.807, 2.05) is 75.4 Å². The quantitative estimate of drug-likeness (QED) is 0.314. The number of aliphatic hydroxyl groups excluding tert-OH is 1. The van der Waals surface area contributed by atoms with Gasteiger partial charge in [0.25, 0.3) is 0 Å². The number of esters is 1. The molecule has 2 rings (SSSR count). The number of hydrogen-bond acceptors (Lipinski definition) is 6. The Morgan fingerprint density at radius 1 is 1.03 bits per heavy atom. The van der Waals surface area contributed by atoms with E-state index in [0.29, 0.717) is 17.8 Å². The van der Waals surface area contributed by atoms with E-state index in [-0.39, 0.29) is 24.2 Å². The lowest BCUT2D eigenvalue weighted by atomic mass is 9.86. The van der Waals surface area contributed by atoms with Gasteiger partial charge in [-0.2, -0.15) is 0 Å². The molecule has 1 aromatic rings. The van der Waals surface area contributed by atoms with E-state index >= 15 is 0 Å². The Kier molecular flexibility index (Phi) is 10.8. The maximum absolute atomic E-state index is 12.7. The van der Waals surface area contributed by atoms with Gasteiger partial charge in [0.2, 0.25) is 0 Å². The van der Waals surface area contributed by atoms with Gasteiger partial charge < -0.3 is 24.1 Å². The van der Waals surface area contributed by atoms with Crippen molar-refractivity contribution in [3.05, 3.63) is 90.0 Å². The molecule has 1 heterocycles. The number of methoxy groups -OCH3 is 2. The standard InChI is InChI=1S/C28H36O6/c1-7-8-9-10-11-12-24(29)19(2)17-20(3)26(25-27(32-6)21(4)34-28(25)30)33-18-22-13-15-23(31-5)16-14-22/h7-16,19-20,24,26,29H,4,17-18H2,1-3,5-6H3/b8-7+,10-9+,12-11+/t19-,20+,24?,26?/m0/s1. The average molecular weight is 469 g/mol. The van der Waals surface area contributed by atoms with Crippen molar-refractivity contribution in [1.82, 2.24) is 0 Å². The third-order valence-corrected chi connectivity index (χ3v) is 5.69. The lowest BCUT2D eigenvalue weighted by molar-refractivity contribution is -0.135. The molecule has 0 fully saturated rings. The van der Waals surface area contributed by atoms with Gasteiger partial charge in [0.05, 0.1) is 33.0 Å². The monoisotopic (exact) mass is 468 g/mol. The van der Waals surface area contributed by atoms with Gasteiger partial charge in [0.15, 0.2) is 11.5 Å². The van der Waals surface area contributed by atoms with Gasteiger partial charge in [-0.3, -0.25) is 0 Å². The molecule has 0 saturated heterocycles. The smallest absolute Gasteiger partial charge is 0.346 e. The maximum atomic E-state index is 12.7. The number of benzene rings is 1. The van der Waals surface area contributed by atoms with E-state index in [2.05, 4.69) is 6.58 Å². The summed E-state index contributed by atoms with van der Waals surface area (Å²) in [5.41, 5.74) is 1.26. The minimum atomic E-state index is -0.638. The molecule has 0 amide bonds. The number of cyclic esters (lactones) is 1. The lowest BCUT2D eigenvalue weighted by Gasteiger charge is -2.28. The van der Waals surface area contributed by atoms with Crippen LogP contribution in [0.3, 0.4) is 0 Å². The van der Waals surface area contributed by atoms with Crippen molar-refractivity contribution in [2.45, 2.75) is 46.0 Å². The summed E-state index contributed by atoms with van der Waals surface area (Å²) < 4.78 is 22.1. The van der Waals surface area contributed by atoms with Gasteiger partial charge >= 0.3 is 5.97 Å². The summed E-state index contributed by atoms with van der Waals surface area (Å²) in [7, 11) is 3.09. The van der Waals surface area contributed by atoms with Gasteiger partial charge in [-0.25, -0.2) is 4.79 Å². The molecule has 1 N–H and O–H groups in total. The summed E-state index contributed by atoms with van der Waals surface area (Å²) in [5.74, 6) is 0.533. The van der Waals surface area contributed by atoms with E-state index in [1.54, 1.807) is 13.2 Å². The topological polar surface area (TPSA) is 74.2 Å². The molecule has 6 heteroatoms. The number of carbonyl (C=O) groups excluding carboxylic acids is 1. The van der Waals surface area contributed by atoms with Gasteiger partial charge in [0.1, 0.15) is 11.3 Å². The molecule has 4 atom stereocenters. The molecule has 184 valence electrons. The van der Waals surface area contributed by atoms with Crippen molar-refractivity contribution < 1.29 is 28.8 Å². The molecular weight excluding hydrogens is 432 g/mol. The number of allylic oxidation sites excluding steroid dienone is 5. The largest absolute Gasteiger partial charge is 0.497 e. The van der Waals surface area contributed by atoms with Crippen LogP contribution in [0.4, 0.5) is 0 Å². The summed E-state index contributed by atoms with van der Waals surface area (Å²) in [4.78, 5) is 12.7. The molecule has 0 spiro atoms. The van der Waals surface area contributed by atoms with Gasteiger partial charge in [-0.1, -0.05) is 69.0 Å². The van der Waals surface area contributed by atoms with E-state index in [0.717, 1.165) is 11.3 Å². The zero-order chi connectivity index (χ0) is 25.1. The molecular formula is C28H36O6. The number of carbonyl (C=O) groups is 1. The Morgan fingerprint density at radius 3 is 2.32 bits per heavy atom. The highest BCUT2D eigenvalue weighted by Crippen LogP contribution is 2.34. The van der Waals surface area contributed by atoms with Crippen LogP contribution in [0.1, 0.15) is 32.8 Å². The second kappa shape index (κ2) is 13.6. The van der Waals surface area contributed by atoms with Crippen LogP contribution in [0, 0.1) is 11.8 Å². The Bertz CT molecular complexity index is 938. The first-order chi connectivity index (χ1) is 16.3. The molecule has 0 bridgehead atoms. The van der Waals surface area contributed by atoms with Crippen LogP contribution in [0.25, 0.3) is 0 Å². The molecule has 34 heavy (non-hydrogen) atoms. The molecule has 0 saturated carbocycles. The van der Waals surface area contributed by atoms with Crippen molar-refractivity contribution in [3.63, 3.8) is 0 Å². The minimum Gasteiger partial charge on any atom is -0.497 e. The van der Waals surface area contributed by atoms with Crippen molar-refractivity contribution >= 4 is 5.97 Å². The normalized spacial score (nSPS) is 18.1. The first kappa shape index (κ1) is 27.2. The fourth-order valence-corrected chi connectivity index (χ4v) is 3.82. The molecule has 0 radical (unpaired) electrons. The highest BCUT2D eigenvalue weighted by Gasteiger charge is 2.39. The Labute approximate surface area is 202 Å². The predicted octanol–water partition coefficient (Wildman–Crippen LogP) is 5.26. The predicted molar refractivity (Wildman–Crippen MR) is 133 cm³/mol. The minimum absolute atomic E-state index is 0.0688. The SMILES string of the molecule is C=C1OC(=O)C(C(OCc2ccc(OC)cc2)[C@H](C)C[C@H](C)C(O)/C=C/C=C/C=C/C)=C1OC. The van der Waals surface area contributed by atoms with Crippen LogP contribution >= 0.6 is 0 Å². The second-order valence-corrected chi connectivity index (χ2v) is 8.32. The van der Waals surface area contributed by atoms with Crippen molar-refractivity contribution in [2.24, 2.45) is 11.8 Å². The van der Waals surface area contributed by atoms with Gasteiger partial charge in [0, 0.05) is 0 Å². The summed E-state index contributed by atoms with van der Waals surface area (Å²) in [6, 6.07) is 7.54. The summed E-state index contributed by atoms with van der Waals surface area (Å²) in [5, 5.41) is 10.6. The molecule has 2 unspecified atom stereocenters. The fourth-order valence-electron chi connectivity index (χ4n) is 3.82. The first-order valence-corrected chi connectivity index (χ1v) is 11.4. The second-order valence-electron chi connectivity index (χ2n) is 8.32. The zero-order valence-electron chi connectivity index (χ0n) is 20.7. The summed E-state index contributed by atoms with van der Waals surface area (Å²) >= 11 is 0. The summed E-state index contributed by atoms with van der Waals surface area (Å²) in [6.07, 6.45) is 10.6. The Balaban J connectivity index is 2.19. The molecule has 1 aromatic carbocycles. The number of hydrogen-bond donors (Lipinski definition) is 1. The van der Waals surface area contributed by atoms with Crippen LogP contribution in [-0.4, -0.2) is 37.5 Å². The average Bonchev–Trinajstić information content (AvgIpc) is 3.11. The van der Waals surface area contributed by atoms with Crippen LogP contribution in [0.2, 0.25) is 0 Å². The number of aliphatic hydroxyl groups is 1. The highest BCUT2D eigenvalue weighted by atomic mass is 16.6. The summed E-state index contributed by atoms with van der Waals surface area (Å²) in [6.45, 7) is 9.97. The van der Waals surface area contributed by atoms with Gasteiger partial charge in [-0.15, -0.1) is 0 Å². The molecule has 0 aliphatic carbocycles. The lowest BCUT2D eigenvalue weighted by Crippen LogP contribution is -2.31. The van der Waals surface area contributed by atoms with E-state index in [1.165, 1.54) is 7.11 Å². The van der Waals surface area contributed by atoms with Crippen molar-refractivity contribution in [3.8, 4) is 5.75 Å². The van der Waals surface area contributed by atoms with E-state index < -0.39 is 18.2 Å². The Morgan fingerprint density at radius 2 is 1.71 bits per heavy atom. The number of rotatable bonds is 13. The third kappa shape index (κ3) is 7.47. The number of ether oxygens (including phenoxy) is 4. The van der Waals surface area contributed by atoms with E-state index in [4.69, 9.17) is 18.9 Å². The molecule has 1 aliphatic rings. The Hall–Kier alpha value is -3.09. The van der Waals surface area contributed by atoms with Crippen LogP contribution < -0.4 is 4.74 Å². The highest BCUT2D eigenvalue weighted by molar-refractivity contribution is 5.95.